The summed E-state index contributed by atoms with van der Waals surface area (Å²) in [7, 11) is 0. The number of hydrogen-bond acceptors (Lipinski definition) is 3. The number of halogens is 3. The van der Waals surface area contributed by atoms with Gasteiger partial charge in [0.05, 0.1) is 12.5 Å². The molecule has 18 heavy (non-hydrogen) atoms. The quantitative estimate of drug-likeness (QED) is 0.713. The van der Waals surface area contributed by atoms with E-state index in [9.17, 15) is 22.8 Å². The van der Waals surface area contributed by atoms with E-state index in [1.54, 1.807) is 6.92 Å². The first-order chi connectivity index (χ1) is 8.27. The topological polar surface area (TPSA) is 46.6 Å². The Morgan fingerprint density at radius 2 is 1.94 bits per heavy atom. The number of carbonyl (C=O) groups excluding carboxylic acids is 2. The summed E-state index contributed by atoms with van der Waals surface area (Å²) in [6.07, 6.45) is -3.79. The Balaban J connectivity index is 2.64. The van der Waals surface area contributed by atoms with Crippen LogP contribution in [0.1, 0.15) is 26.7 Å². The Kier molecular flexibility index (Phi) is 4.59. The fraction of sp³-hybridized carbons (Fsp3) is 0.818. The Hall–Kier alpha value is -1.27. The molecule has 1 unspecified atom stereocenters. The Labute approximate surface area is 103 Å². The summed E-state index contributed by atoms with van der Waals surface area (Å²) in [4.78, 5) is 23.3. The van der Waals surface area contributed by atoms with Crippen LogP contribution in [0, 0.1) is 5.92 Å². The molecule has 104 valence electrons. The zero-order valence-electron chi connectivity index (χ0n) is 10.3. The molecule has 0 aromatic rings. The van der Waals surface area contributed by atoms with E-state index in [4.69, 9.17) is 4.74 Å². The number of esters is 1. The number of carbonyl (C=O) groups is 2. The molecule has 1 rings (SSSR count). The van der Waals surface area contributed by atoms with Crippen molar-refractivity contribution in [2.45, 2.75) is 38.9 Å². The van der Waals surface area contributed by atoms with Crippen molar-refractivity contribution in [3.05, 3.63) is 0 Å². The summed E-state index contributed by atoms with van der Waals surface area (Å²) >= 11 is 0. The maximum Gasteiger partial charge on any atom is 0.471 e. The van der Waals surface area contributed by atoms with Crippen molar-refractivity contribution in [1.82, 2.24) is 4.90 Å². The van der Waals surface area contributed by atoms with Gasteiger partial charge in [-0.2, -0.15) is 13.2 Å². The average molecular weight is 267 g/mol. The van der Waals surface area contributed by atoms with Crippen LogP contribution in [0.5, 0.6) is 0 Å². The van der Waals surface area contributed by atoms with Gasteiger partial charge in [-0.15, -0.1) is 0 Å². The van der Waals surface area contributed by atoms with Crippen molar-refractivity contribution in [3.8, 4) is 0 Å². The highest BCUT2D eigenvalue weighted by Crippen LogP contribution is 2.31. The molecule has 0 bridgehead atoms. The lowest BCUT2D eigenvalue weighted by molar-refractivity contribution is -0.187. The van der Waals surface area contributed by atoms with Gasteiger partial charge in [0, 0.05) is 12.6 Å². The summed E-state index contributed by atoms with van der Waals surface area (Å²) in [6.45, 7) is 2.99. The molecule has 1 atom stereocenters. The number of alkyl halides is 3. The van der Waals surface area contributed by atoms with Gasteiger partial charge in [-0.3, -0.25) is 9.59 Å². The van der Waals surface area contributed by atoms with Gasteiger partial charge in [0.2, 0.25) is 0 Å². The molecule has 0 spiro atoms. The fourth-order valence-corrected chi connectivity index (χ4v) is 1.60. The van der Waals surface area contributed by atoms with Crippen molar-refractivity contribution in [3.63, 3.8) is 0 Å². The van der Waals surface area contributed by atoms with Gasteiger partial charge in [0.1, 0.15) is 0 Å². The van der Waals surface area contributed by atoms with Crippen LogP contribution in [0.25, 0.3) is 0 Å². The normalized spacial score (nSPS) is 17.2. The smallest absolute Gasteiger partial charge is 0.466 e. The first-order valence-electron chi connectivity index (χ1n) is 5.81. The third-order valence-electron chi connectivity index (χ3n) is 2.65. The predicted molar refractivity (Wildman–Crippen MR) is 56.6 cm³/mol. The van der Waals surface area contributed by atoms with E-state index in [2.05, 4.69) is 0 Å². The molecule has 1 amide bonds. The highest BCUT2D eigenvalue weighted by molar-refractivity contribution is 5.83. The average Bonchev–Trinajstić information content (AvgIpc) is 3.07. The molecule has 0 heterocycles. The van der Waals surface area contributed by atoms with E-state index in [0.717, 1.165) is 4.90 Å². The summed E-state index contributed by atoms with van der Waals surface area (Å²) in [5.41, 5.74) is 0. The maximum atomic E-state index is 12.4. The second kappa shape index (κ2) is 5.58. The van der Waals surface area contributed by atoms with Crippen LogP contribution in [0.4, 0.5) is 13.2 Å². The van der Waals surface area contributed by atoms with Crippen molar-refractivity contribution in [1.29, 1.82) is 0 Å². The lowest BCUT2D eigenvalue weighted by Gasteiger charge is -2.25. The van der Waals surface area contributed by atoms with E-state index in [1.807, 2.05) is 0 Å². The number of ether oxygens (including phenoxy) is 1. The van der Waals surface area contributed by atoms with Crippen molar-refractivity contribution < 1.29 is 27.5 Å². The second-order valence-corrected chi connectivity index (χ2v) is 4.34. The molecule has 1 aliphatic carbocycles. The molecule has 0 aliphatic heterocycles. The van der Waals surface area contributed by atoms with Crippen molar-refractivity contribution >= 4 is 11.9 Å². The predicted octanol–water partition coefficient (Wildman–Crippen LogP) is 1.74. The molecule has 1 fully saturated rings. The standard InChI is InChI=1S/C11H16F3NO3/c1-3-18-9(16)7(2)6-15(8-4-5-8)10(17)11(12,13)14/h7-8H,3-6H2,1-2H3. The molecule has 7 heteroatoms. The zero-order valence-corrected chi connectivity index (χ0v) is 10.3. The lowest BCUT2D eigenvalue weighted by Crippen LogP contribution is -2.45. The summed E-state index contributed by atoms with van der Waals surface area (Å²) in [6, 6.07) is -0.393. The van der Waals surface area contributed by atoms with Crippen LogP contribution in [0.2, 0.25) is 0 Å². The van der Waals surface area contributed by atoms with Gasteiger partial charge >= 0.3 is 18.1 Å². The van der Waals surface area contributed by atoms with Gasteiger partial charge in [-0.1, -0.05) is 6.92 Å². The van der Waals surface area contributed by atoms with E-state index >= 15 is 0 Å². The maximum absolute atomic E-state index is 12.4. The molecule has 1 aliphatic rings. The molecular weight excluding hydrogens is 251 g/mol. The van der Waals surface area contributed by atoms with Crippen LogP contribution in [0.15, 0.2) is 0 Å². The van der Waals surface area contributed by atoms with Crippen molar-refractivity contribution in [2.24, 2.45) is 5.92 Å². The summed E-state index contributed by atoms with van der Waals surface area (Å²) < 4.78 is 41.9. The van der Waals surface area contributed by atoms with Gasteiger partial charge in [0.15, 0.2) is 0 Å². The molecule has 0 N–H and O–H groups in total. The Morgan fingerprint density at radius 3 is 2.33 bits per heavy atom. The monoisotopic (exact) mass is 267 g/mol. The highest BCUT2D eigenvalue weighted by Gasteiger charge is 2.47. The molecule has 0 aromatic heterocycles. The third kappa shape index (κ3) is 3.89. The first-order valence-corrected chi connectivity index (χ1v) is 5.81. The number of hydrogen-bond donors (Lipinski definition) is 0. The molecule has 0 saturated heterocycles. The molecule has 0 radical (unpaired) electrons. The van der Waals surface area contributed by atoms with Crippen LogP contribution >= 0.6 is 0 Å². The largest absolute Gasteiger partial charge is 0.471 e. The Morgan fingerprint density at radius 1 is 1.39 bits per heavy atom. The minimum Gasteiger partial charge on any atom is -0.466 e. The lowest BCUT2D eigenvalue weighted by atomic mass is 10.1. The van der Waals surface area contributed by atoms with Gasteiger partial charge in [-0.25, -0.2) is 0 Å². The molecular formula is C11H16F3NO3. The van der Waals surface area contributed by atoms with Gasteiger partial charge in [-0.05, 0) is 19.8 Å². The molecule has 1 saturated carbocycles. The van der Waals surface area contributed by atoms with Crippen LogP contribution in [0.3, 0.4) is 0 Å². The fourth-order valence-electron chi connectivity index (χ4n) is 1.60. The van der Waals surface area contributed by atoms with E-state index in [0.29, 0.717) is 12.8 Å². The second-order valence-electron chi connectivity index (χ2n) is 4.34. The minimum atomic E-state index is -4.89. The summed E-state index contributed by atoms with van der Waals surface area (Å²) in [5, 5.41) is 0. The van der Waals surface area contributed by atoms with Crippen molar-refractivity contribution in [2.75, 3.05) is 13.2 Å². The zero-order chi connectivity index (χ0) is 13.9. The van der Waals surface area contributed by atoms with Gasteiger partial charge in [0.25, 0.3) is 0 Å². The SMILES string of the molecule is CCOC(=O)C(C)CN(C(=O)C(F)(F)F)C1CC1. The summed E-state index contributed by atoms with van der Waals surface area (Å²) in [5.74, 6) is -3.21. The van der Waals surface area contributed by atoms with E-state index in [-0.39, 0.29) is 13.2 Å². The molecule has 4 nitrogen and oxygen atoms in total. The van der Waals surface area contributed by atoms with Crippen LogP contribution in [-0.2, 0) is 14.3 Å². The third-order valence-corrected chi connectivity index (χ3v) is 2.65. The number of rotatable bonds is 5. The molecule has 0 aromatic carbocycles. The van der Waals surface area contributed by atoms with Gasteiger partial charge < -0.3 is 9.64 Å². The van der Waals surface area contributed by atoms with E-state index < -0.39 is 30.0 Å². The first kappa shape index (κ1) is 14.8. The highest BCUT2D eigenvalue weighted by atomic mass is 19.4. The van der Waals surface area contributed by atoms with Crippen LogP contribution < -0.4 is 0 Å². The Bertz CT molecular complexity index is 326. The minimum absolute atomic E-state index is 0.166. The van der Waals surface area contributed by atoms with Crippen LogP contribution in [-0.4, -0.2) is 42.1 Å². The number of amides is 1. The van der Waals surface area contributed by atoms with E-state index in [1.165, 1.54) is 6.92 Å². The number of nitrogens with zero attached hydrogens (tertiary/aromatic N) is 1.